The Morgan fingerprint density at radius 1 is 1.50 bits per heavy atom. The van der Waals surface area contributed by atoms with E-state index in [1.165, 1.54) is 7.11 Å². The molecule has 1 aliphatic heterocycles. The lowest BCUT2D eigenvalue weighted by molar-refractivity contribution is -0.139. The normalized spacial score (nSPS) is 25.7. The topological polar surface area (TPSA) is 96.7 Å². The molecule has 7 nitrogen and oxygen atoms in total. The van der Waals surface area contributed by atoms with E-state index in [1.807, 2.05) is 24.3 Å². The van der Waals surface area contributed by atoms with Crippen molar-refractivity contribution in [1.29, 1.82) is 0 Å². The number of methoxy groups -OCH3 is 1. The highest BCUT2D eigenvalue weighted by atomic mass is 79.9. The van der Waals surface area contributed by atoms with Crippen LogP contribution in [0.15, 0.2) is 33.9 Å². The van der Waals surface area contributed by atoms with Gasteiger partial charge in [-0.2, -0.15) is 0 Å². The maximum absolute atomic E-state index is 9.68. The van der Waals surface area contributed by atoms with Crippen molar-refractivity contribution in [1.82, 2.24) is 0 Å². The van der Waals surface area contributed by atoms with Crippen molar-refractivity contribution in [2.24, 2.45) is 5.11 Å². The number of azide groups is 1. The molecule has 1 unspecified atom stereocenters. The van der Waals surface area contributed by atoms with Crippen LogP contribution in [-0.2, 0) is 20.8 Å². The lowest BCUT2D eigenvalue weighted by Crippen LogP contribution is -2.29. The third kappa shape index (κ3) is 4.67. The molecule has 22 heavy (non-hydrogen) atoms. The Morgan fingerprint density at radius 3 is 2.82 bits per heavy atom. The number of rotatable bonds is 7. The number of hydrogen-bond donors (Lipinski definition) is 1. The summed E-state index contributed by atoms with van der Waals surface area (Å²) in [6, 6.07) is 7.26. The molecule has 1 saturated heterocycles. The van der Waals surface area contributed by atoms with Gasteiger partial charge in [0.25, 0.3) is 0 Å². The van der Waals surface area contributed by atoms with Gasteiger partial charge in [0.1, 0.15) is 6.10 Å². The summed E-state index contributed by atoms with van der Waals surface area (Å²) < 4.78 is 17.1. The lowest BCUT2D eigenvalue weighted by atomic mass is 10.1. The molecule has 0 radical (unpaired) electrons. The van der Waals surface area contributed by atoms with Gasteiger partial charge in [-0.3, -0.25) is 0 Å². The van der Waals surface area contributed by atoms with Crippen molar-refractivity contribution >= 4 is 15.9 Å². The van der Waals surface area contributed by atoms with Gasteiger partial charge in [0.15, 0.2) is 6.29 Å². The summed E-state index contributed by atoms with van der Waals surface area (Å²) in [7, 11) is 1.51. The van der Waals surface area contributed by atoms with Crippen LogP contribution in [0.1, 0.15) is 12.0 Å². The van der Waals surface area contributed by atoms with E-state index in [2.05, 4.69) is 26.0 Å². The molecule has 1 fully saturated rings. The molecule has 0 spiro atoms. The second-order valence-electron chi connectivity index (χ2n) is 4.99. The fraction of sp³-hybridized carbons (Fsp3) is 0.571. The van der Waals surface area contributed by atoms with Crippen LogP contribution in [0.4, 0.5) is 0 Å². The Bertz CT molecular complexity index is 521. The Morgan fingerprint density at radius 2 is 2.23 bits per heavy atom. The Kier molecular flexibility index (Phi) is 6.63. The van der Waals surface area contributed by atoms with E-state index in [4.69, 9.17) is 19.7 Å². The molecule has 1 aliphatic rings. The van der Waals surface area contributed by atoms with E-state index < -0.39 is 24.5 Å². The van der Waals surface area contributed by atoms with E-state index in [0.717, 1.165) is 10.0 Å². The van der Waals surface area contributed by atoms with E-state index in [1.54, 1.807) is 0 Å². The first-order valence-electron chi connectivity index (χ1n) is 6.86. The molecular weight excluding hydrogens is 354 g/mol. The Labute approximate surface area is 136 Å². The van der Waals surface area contributed by atoms with Crippen molar-refractivity contribution in [2.45, 2.75) is 37.6 Å². The predicted octanol–water partition coefficient (Wildman–Crippen LogP) is 2.77. The zero-order valence-corrected chi connectivity index (χ0v) is 13.7. The van der Waals surface area contributed by atoms with Crippen LogP contribution in [0.25, 0.3) is 10.4 Å². The first kappa shape index (κ1) is 17.2. The molecule has 1 heterocycles. The maximum Gasteiger partial charge on any atom is 0.181 e. The van der Waals surface area contributed by atoms with Crippen molar-refractivity contribution in [3.05, 3.63) is 44.7 Å². The average molecular weight is 372 g/mol. The minimum Gasteiger partial charge on any atom is -0.376 e. The molecule has 0 saturated carbocycles. The molecule has 1 N–H and O–H groups in total. The van der Waals surface area contributed by atoms with E-state index in [0.29, 0.717) is 13.0 Å². The van der Waals surface area contributed by atoms with Gasteiger partial charge in [-0.15, -0.1) is 0 Å². The second-order valence-corrected chi connectivity index (χ2v) is 5.90. The SMILES string of the molecule is CO[C@@H]1C[C@@H]([C@H](COCc2ccc(Br)cc2)N=[N+]=[N-])OC1O. The van der Waals surface area contributed by atoms with Crippen LogP contribution in [0.5, 0.6) is 0 Å². The fourth-order valence-electron chi connectivity index (χ4n) is 2.29. The second kappa shape index (κ2) is 8.47. The number of halogens is 1. The summed E-state index contributed by atoms with van der Waals surface area (Å²) in [5.74, 6) is 0. The number of benzene rings is 1. The van der Waals surface area contributed by atoms with Gasteiger partial charge in [-0.1, -0.05) is 33.2 Å². The maximum atomic E-state index is 9.68. The van der Waals surface area contributed by atoms with Crippen LogP contribution < -0.4 is 0 Å². The van der Waals surface area contributed by atoms with Crippen LogP contribution in [0, 0.1) is 0 Å². The molecule has 2 rings (SSSR count). The molecule has 120 valence electrons. The van der Waals surface area contributed by atoms with Crippen molar-refractivity contribution in [2.75, 3.05) is 13.7 Å². The summed E-state index contributed by atoms with van der Waals surface area (Å²) in [6.45, 7) is 0.627. The smallest absolute Gasteiger partial charge is 0.181 e. The van der Waals surface area contributed by atoms with Crippen LogP contribution >= 0.6 is 15.9 Å². The van der Waals surface area contributed by atoms with Crippen molar-refractivity contribution < 1.29 is 19.3 Å². The largest absolute Gasteiger partial charge is 0.376 e. The van der Waals surface area contributed by atoms with Crippen molar-refractivity contribution in [3.8, 4) is 0 Å². The monoisotopic (exact) mass is 371 g/mol. The standard InChI is InChI=1S/C14H18BrN3O4/c1-20-13-6-12(22-14(13)19)11(17-18-16)8-21-7-9-2-4-10(15)5-3-9/h2-5,11-14,19H,6-8H2,1H3/t11-,12-,13+,14?/m0/s1. The minimum absolute atomic E-state index is 0.216. The van der Waals surface area contributed by atoms with E-state index in [-0.39, 0.29) is 6.61 Å². The molecule has 0 amide bonds. The Balaban J connectivity index is 1.87. The summed E-state index contributed by atoms with van der Waals surface area (Å²) in [5, 5.41) is 13.4. The third-order valence-corrected chi connectivity index (χ3v) is 4.03. The lowest BCUT2D eigenvalue weighted by Gasteiger charge is -2.18. The van der Waals surface area contributed by atoms with E-state index in [9.17, 15) is 5.11 Å². The van der Waals surface area contributed by atoms with Gasteiger partial charge in [-0.05, 0) is 23.2 Å². The zero-order valence-electron chi connectivity index (χ0n) is 12.1. The first-order chi connectivity index (χ1) is 10.6. The molecule has 4 atom stereocenters. The number of ether oxygens (including phenoxy) is 3. The molecular formula is C14H18BrN3O4. The molecule has 8 heteroatoms. The van der Waals surface area contributed by atoms with Gasteiger partial charge in [0.2, 0.25) is 0 Å². The molecule has 1 aromatic carbocycles. The number of nitrogens with zero attached hydrogens (tertiary/aromatic N) is 3. The van der Waals surface area contributed by atoms with Gasteiger partial charge in [-0.25, -0.2) is 0 Å². The Hall–Kier alpha value is -1.15. The van der Waals surface area contributed by atoms with Gasteiger partial charge in [0, 0.05) is 22.9 Å². The zero-order chi connectivity index (χ0) is 15.9. The molecule has 0 aromatic heterocycles. The minimum atomic E-state index is -1.00. The molecule has 0 bridgehead atoms. The summed E-state index contributed by atoms with van der Waals surface area (Å²) in [6.07, 6.45) is -1.37. The quantitative estimate of drug-likeness (QED) is 0.452. The molecule has 0 aliphatic carbocycles. The number of aliphatic hydroxyl groups excluding tert-OH is 1. The van der Waals surface area contributed by atoms with Gasteiger partial charge >= 0.3 is 0 Å². The summed E-state index contributed by atoms with van der Waals surface area (Å²) in [5.41, 5.74) is 9.70. The highest BCUT2D eigenvalue weighted by molar-refractivity contribution is 9.10. The number of aliphatic hydroxyl groups is 1. The van der Waals surface area contributed by atoms with Crippen LogP contribution in [0.3, 0.4) is 0 Å². The third-order valence-electron chi connectivity index (χ3n) is 3.50. The highest BCUT2D eigenvalue weighted by Gasteiger charge is 2.38. The first-order valence-corrected chi connectivity index (χ1v) is 7.66. The van der Waals surface area contributed by atoms with E-state index >= 15 is 0 Å². The van der Waals surface area contributed by atoms with Crippen LogP contribution in [-0.4, -0.2) is 43.4 Å². The van der Waals surface area contributed by atoms with Crippen molar-refractivity contribution in [3.63, 3.8) is 0 Å². The summed E-state index contributed by atoms with van der Waals surface area (Å²) in [4.78, 5) is 2.83. The highest BCUT2D eigenvalue weighted by Crippen LogP contribution is 2.25. The van der Waals surface area contributed by atoms with Gasteiger partial charge in [0.05, 0.1) is 25.4 Å². The van der Waals surface area contributed by atoms with Gasteiger partial charge < -0.3 is 19.3 Å². The van der Waals surface area contributed by atoms with Crippen LogP contribution in [0.2, 0.25) is 0 Å². The predicted molar refractivity (Wildman–Crippen MR) is 83.0 cm³/mol. The fourth-order valence-corrected chi connectivity index (χ4v) is 2.55. The summed E-state index contributed by atoms with van der Waals surface area (Å²) >= 11 is 3.37. The number of hydrogen-bond acceptors (Lipinski definition) is 5. The average Bonchev–Trinajstić information content (AvgIpc) is 2.89. The molecule has 1 aromatic rings.